The van der Waals surface area contributed by atoms with Gasteiger partial charge in [-0.3, -0.25) is 14.4 Å². The Bertz CT molecular complexity index is 1890. The zero-order valence-electron chi connectivity index (χ0n) is 47.0. The summed E-state index contributed by atoms with van der Waals surface area (Å²) in [7, 11) is 0.00715. The Morgan fingerprint density at radius 3 is 1.91 bits per heavy atom. The van der Waals surface area contributed by atoms with Crippen LogP contribution in [-0.4, -0.2) is 137 Å². The number of fused-ring (bicyclic) bond motifs is 1. The van der Waals surface area contributed by atoms with Crippen LogP contribution in [0.25, 0.3) is 0 Å². The van der Waals surface area contributed by atoms with E-state index in [1.54, 1.807) is 14.0 Å². The number of allylic oxidation sites excluding steroid dienone is 3. The van der Waals surface area contributed by atoms with Crippen molar-refractivity contribution in [3.05, 3.63) is 23.3 Å². The molecule has 3 fully saturated rings. The van der Waals surface area contributed by atoms with Crippen LogP contribution in [0, 0.1) is 29.6 Å². The number of cyclic esters (lactones) is 1. The molecule has 0 radical (unpaired) electrons. The van der Waals surface area contributed by atoms with E-state index in [1.807, 2.05) is 27.7 Å². The molecule has 1 amide bonds. The Hall–Kier alpha value is -2.09. The molecule has 0 aromatic rings. The molecule has 13 nitrogen and oxygen atoms in total. The van der Waals surface area contributed by atoms with Gasteiger partial charge in [0.05, 0.1) is 30.5 Å². The quantitative estimate of drug-likeness (QED) is 0.0922. The number of aliphatic hydroxyl groups excluding tert-OH is 1. The third-order valence-electron chi connectivity index (χ3n) is 17.8. The number of carbonyl (C=O) groups excluding carboxylic acids is 4. The summed E-state index contributed by atoms with van der Waals surface area (Å²) in [4.78, 5) is 61.5. The van der Waals surface area contributed by atoms with E-state index < -0.39 is 93.7 Å². The monoisotopic (exact) mass is 1020 g/mol. The molecule has 0 aromatic heterocycles. The van der Waals surface area contributed by atoms with Crippen molar-refractivity contribution in [2.75, 3.05) is 27.9 Å². The molecule has 70 heavy (non-hydrogen) atoms. The van der Waals surface area contributed by atoms with Crippen molar-refractivity contribution >= 4 is 40.1 Å². The summed E-state index contributed by atoms with van der Waals surface area (Å²) in [6, 6.07) is 0. The molecule has 1 aliphatic carbocycles. The van der Waals surface area contributed by atoms with Crippen molar-refractivity contribution in [2.45, 2.75) is 244 Å². The maximum Gasteiger partial charge on any atom is 0.340 e. The van der Waals surface area contributed by atoms with Gasteiger partial charge in [0, 0.05) is 52.0 Å². The Morgan fingerprint density at radius 1 is 0.814 bits per heavy atom. The van der Waals surface area contributed by atoms with Gasteiger partial charge in [0.2, 0.25) is 16.9 Å². The largest absolute Gasteiger partial charge is 0.455 e. The maximum atomic E-state index is 15.5. The van der Waals surface area contributed by atoms with Gasteiger partial charge in [-0.25, -0.2) is 4.79 Å². The first-order valence-electron chi connectivity index (χ1n) is 26.6. The number of ether oxygens (including phenoxy) is 4. The first-order valence-corrected chi connectivity index (χ1v) is 32.4. The number of carbonyl (C=O) groups is 4. The number of nitrogens with zero attached hydrogens (tertiary/aromatic N) is 1. The summed E-state index contributed by atoms with van der Waals surface area (Å²) >= 11 is 0. The second kappa shape index (κ2) is 23.6. The molecule has 2 unspecified atom stereocenters. The minimum atomic E-state index is -2.60. The van der Waals surface area contributed by atoms with Gasteiger partial charge in [0.15, 0.2) is 16.6 Å². The van der Waals surface area contributed by atoms with Crippen molar-refractivity contribution in [1.29, 1.82) is 0 Å². The fourth-order valence-corrected chi connectivity index (χ4v) is 14.0. The van der Waals surface area contributed by atoms with Gasteiger partial charge in [-0.2, -0.15) is 0 Å². The molecule has 1 spiro atoms. The minimum absolute atomic E-state index is 0.0186. The van der Waals surface area contributed by atoms with Crippen LogP contribution in [0.1, 0.15) is 154 Å². The van der Waals surface area contributed by atoms with E-state index in [9.17, 15) is 19.8 Å². The van der Waals surface area contributed by atoms with Crippen molar-refractivity contribution in [2.24, 2.45) is 29.6 Å². The highest BCUT2D eigenvalue weighted by atomic mass is 28.4. The summed E-state index contributed by atoms with van der Waals surface area (Å²) in [6.07, 6.45) is 4.52. The van der Waals surface area contributed by atoms with E-state index in [2.05, 4.69) is 86.8 Å². The highest BCUT2D eigenvalue weighted by Gasteiger charge is 2.72. The Labute approximate surface area is 425 Å². The number of Topliss-reactive ketones (excluding diaryl/α,β-unsaturated/α-hetero) is 2. The lowest BCUT2D eigenvalue weighted by molar-refractivity contribution is -0.171. The molecular weight excluding hydrogens is 923 g/mol. The summed E-state index contributed by atoms with van der Waals surface area (Å²) in [5.41, 5.74) is -2.90. The van der Waals surface area contributed by atoms with Gasteiger partial charge < -0.3 is 42.9 Å². The van der Waals surface area contributed by atoms with Crippen LogP contribution >= 0.6 is 0 Å². The number of aliphatic hydroxyl groups is 2. The Morgan fingerprint density at radius 2 is 1.37 bits per heavy atom. The zero-order chi connectivity index (χ0) is 53.1. The molecule has 0 aromatic carbocycles. The van der Waals surface area contributed by atoms with Gasteiger partial charge in [-0.05, 0) is 132 Å². The topological polar surface area (TPSA) is 167 Å². The Balaban J connectivity index is 1.93. The van der Waals surface area contributed by atoms with Gasteiger partial charge >= 0.3 is 5.97 Å². The standard InChI is InChI=1S/C55H97NO12Si2/c1-20-40-28-34(2)27-35(3)29-45(64-14)47(58)46(65-15)31-37(5)55(62)49(59)54(25-21-22-26-56(54)50(55)60)51(61)66-48(38(6)43(33-41(40)57)68-70(18,19)53(10,11)12)36(4)30-39-23-24-42(44(32-39)63-13)67-69(16,17)52(7,8)9/h28,30,35,37-40,42-48,58,62H,20-27,29,31-33H2,1-19H3/b34-28+,36-30+/t35-,37+,38+,39-,40+,42+,43?,44+,45-,46-,47+,48?,54+,55-/m0/s1. The van der Waals surface area contributed by atoms with Crippen LogP contribution in [0.15, 0.2) is 23.3 Å². The van der Waals surface area contributed by atoms with E-state index in [1.165, 1.54) is 19.1 Å². The van der Waals surface area contributed by atoms with Crippen LogP contribution in [-0.2, 0) is 47.0 Å². The number of hydrogen-bond donors (Lipinski definition) is 2. The first-order chi connectivity index (χ1) is 32.3. The fraction of sp³-hybridized carbons (Fsp3) is 0.855. The van der Waals surface area contributed by atoms with Crippen LogP contribution in [0.4, 0.5) is 0 Å². The van der Waals surface area contributed by atoms with Crippen molar-refractivity contribution < 1.29 is 57.2 Å². The average molecular weight is 1020 g/mol. The predicted molar refractivity (Wildman–Crippen MR) is 280 cm³/mol. The lowest BCUT2D eigenvalue weighted by atomic mass is 9.75. The summed E-state index contributed by atoms with van der Waals surface area (Å²) < 4.78 is 38.9. The van der Waals surface area contributed by atoms with Gasteiger partial charge in [-0.15, -0.1) is 0 Å². The molecule has 2 N–H and O–H groups in total. The fourth-order valence-electron chi connectivity index (χ4n) is 11.2. The number of ketones is 2. The van der Waals surface area contributed by atoms with Crippen molar-refractivity contribution in [3.63, 3.8) is 0 Å². The lowest BCUT2D eigenvalue weighted by Crippen LogP contribution is -2.60. The molecule has 1 saturated carbocycles. The van der Waals surface area contributed by atoms with E-state index in [4.69, 9.17) is 27.8 Å². The summed E-state index contributed by atoms with van der Waals surface area (Å²) in [5.74, 6) is -4.61. The van der Waals surface area contributed by atoms with E-state index in [0.717, 1.165) is 24.0 Å². The first kappa shape index (κ1) is 60.5. The summed E-state index contributed by atoms with van der Waals surface area (Å²) in [5, 5.41) is 24.2. The molecule has 402 valence electrons. The third kappa shape index (κ3) is 12.9. The number of rotatable bonds is 10. The number of hydrogen-bond acceptors (Lipinski definition) is 12. The molecule has 2 bridgehead atoms. The Kier molecular flexibility index (Phi) is 20.4. The maximum absolute atomic E-state index is 15.5. The second-order valence-corrected chi connectivity index (χ2v) is 34.6. The molecule has 3 heterocycles. The van der Waals surface area contributed by atoms with Gasteiger partial charge in [0.25, 0.3) is 5.91 Å². The molecule has 14 atom stereocenters. The molecule has 2 saturated heterocycles. The molecule has 4 aliphatic rings. The molecule has 15 heteroatoms. The van der Waals surface area contributed by atoms with Crippen LogP contribution < -0.4 is 0 Å². The second-order valence-electron chi connectivity index (χ2n) is 25.1. The van der Waals surface area contributed by atoms with E-state index >= 15 is 9.59 Å². The van der Waals surface area contributed by atoms with Crippen LogP contribution in [0.2, 0.25) is 36.3 Å². The number of amides is 1. The van der Waals surface area contributed by atoms with E-state index in [0.29, 0.717) is 38.5 Å². The molecule has 3 aliphatic heterocycles. The van der Waals surface area contributed by atoms with E-state index in [-0.39, 0.29) is 65.7 Å². The third-order valence-corrected chi connectivity index (χ3v) is 26.8. The lowest BCUT2D eigenvalue weighted by Gasteiger charge is -2.44. The molecule has 4 rings (SSSR count). The molecular formula is C55H97NO12Si2. The minimum Gasteiger partial charge on any atom is -0.455 e. The van der Waals surface area contributed by atoms with Crippen molar-refractivity contribution in [1.82, 2.24) is 4.90 Å². The van der Waals surface area contributed by atoms with Crippen LogP contribution in [0.3, 0.4) is 0 Å². The average Bonchev–Trinajstić information content (AvgIpc) is 3.45. The van der Waals surface area contributed by atoms with Crippen molar-refractivity contribution in [3.8, 4) is 0 Å². The normalized spacial score (nSPS) is 37.6. The van der Waals surface area contributed by atoms with Crippen LogP contribution in [0.5, 0.6) is 0 Å². The summed E-state index contributed by atoms with van der Waals surface area (Å²) in [6.45, 7) is 33.8. The predicted octanol–water partition coefficient (Wildman–Crippen LogP) is 9.92. The smallest absolute Gasteiger partial charge is 0.340 e. The van der Waals surface area contributed by atoms with Gasteiger partial charge in [0.1, 0.15) is 18.0 Å². The zero-order valence-corrected chi connectivity index (χ0v) is 49.0. The number of piperidine rings is 1. The SMILES string of the molecule is CC[C@@H]1/C=C(\C)C[C@H](C)C[C@H](OC)[C@@H](O)[C@@H](OC)C[C@@H](C)[C@@]2(O)C(=O)N3CCCC[C@]3(C(=O)OC(/C(C)=C/[C@@H]3CC[C@@H](O[Si](C)(C)C(C)(C)C)[C@H](OC)C3)[C@H](C)C(O[Si](C)(C)C(C)(C)C)CC1=O)C2=O. The number of esters is 1. The van der Waals surface area contributed by atoms with Gasteiger partial charge in [-0.1, -0.05) is 87.0 Å². The highest BCUT2D eigenvalue weighted by Crippen LogP contribution is 2.48. The number of methoxy groups -OCH3 is 3. The highest BCUT2D eigenvalue weighted by molar-refractivity contribution is 6.74.